The highest BCUT2D eigenvalue weighted by molar-refractivity contribution is 5.79. The quantitative estimate of drug-likeness (QED) is 0.399. The normalized spacial score (nSPS) is 13.5. The first-order valence-corrected chi connectivity index (χ1v) is 11.9. The molecule has 0 atom stereocenters. The lowest BCUT2D eigenvalue weighted by Gasteiger charge is -2.14. The van der Waals surface area contributed by atoms with Crippen LogP contribution in [0.3, 0.4) is 0 Å². The van der Waals surface area contributed by atoms with Crippen molar-refractivity contribution in [2.75, 3.05) is 25.0 Å². The standard InChI is InChI=1S/C27H29N5O3/c1-18(2)17-35-23-6-3-5-21(16-23)24-7-4-12-32-25(24)29-26(30-32)28-22-9-8-19-10-13-31(27(33)34)14-11-20(19)15-22/h3-9,12,15-16,18H,10-11,13-14,17H2,1-2H3,(H,28,30)(H,33,34). The van der Waals surface area contributed by atoms with Crippen LogP contribution >= 0.6 is 0 Å². The van der Waals surface area contributed by atoms with E-state index in [0.29, 0.717) is 38.0 Å². The van der Waals surface area contributed by atoms with E-state index in [2.05, 4.69) is 36.4 Å². The molecule has 0 spiro atoms. The van der Waals surface area contributed by atoms with Crippen molar-refractivity contribution in [3.05, 3.63) is 71.9 Å². The van der Waals surface area contributed by atoms with Gasteiger partial charge in [0.1, 0.15) is 5.75 Å². The van der Waals surface area contributed by atoms with Crippen LogP contribution in [0.5, 0.6) is 5.75 Å². The molecule has 0 bridgehead atoms. The van der Waals surface area contributed by atoms with Gasteiger partial charge in [-0.05, 0) is 71.8 Å². The molecule has 0 radical (unpaired) electrons. The maximum atomic E-state index is 11.3. The van der Waals surface area contributed by atoms with Crippen LogP contribution in [0.15, 0.2) is 60.8 Å². The molecule has 35 heavy (non-hydrogen) atoms. The van der Waals surface area contributed by atoms with Gasteiger partial charge in [0, 0.05) is 30.5 Å². The van der Waals surface area contributed by atoms with Crippen molar-refractivity contribution in [1.82, 2.24) is 19.5 Å². The van der Waals surface area contributed by atoms with E-state index in [0.717, 1.165) is 40.2 Å². The fraction of sp³-hybridized carbons (Fsp3) is 0.296. The Hall–Kier alpha value is -4.07. The van der Waals surface area contributed by atoms with Crippen molar-refractivity contribution < 1.29 is 14.6 Å². The van der Waals surface area contributed by atoms with E-state index in [1.54, 1.807) is 4.52 Å². The maximum Gasteiger partial charge on any atom is 0.407 e. The van der Waals surface area contributed by atoms with Gasteiger partial charge in [-0.3, -0.25) is 0 Å². The molecule has 8 heteroatoms. The molecule has 3 heterocycles. The van der Waals surface area contributed by atoms with Crippen molar-refractivity contribution >= 4 is 23.4 Å². The summed E-state index contributed by atoms with van der Waals surface area (Å²) in [4.78, 5) is 17.6. The second kappa shape index (κ2) is 9.66. The lowest BCUT2D eigenvalue weighted by atomic mass is 10.0. The van der Waals surface area contributed by atoms with Crippen LogP contribution in [0.1, 0.15) is 25.0 Å². The molecule has 2 aromatic heterocycles. The van der Waals surface area contributed by atoms with E-state index in [1.165, 1.54) is 10.5 Å². The van der Waals surface area contributed by atoms with Gasteiger partial charge >= 0.3 is 6.09 Å². The van der Waals surface area contributed by atoms with Gasteiger partial charge in [-0.1, -0.05) is 32.0 Å². The Bertz CT molecular complexity index is 1360. The van der Waals surface area contributed by atoms with Crippen molar-refractivity contribution in [2.45, 2.75) is 26.7 Å². The Morgan fingerprint density at radius 1 is 1.09 bits per heavy atom. The van der Waals surface area contributed by atoms with Gasteiger partial charge < -0.3 is 20.1 Å². The topological polar surface area (TPSA) is 92.0 Å². The monoisotopic (exact) mass is 471 g/mol. The van der Waals surface area contributed by atoms with E-state index < -0.39 is 6.09 Å². The van der Waals surface area contributed by atoms with Gasteiger partial charge in [0.05, 0.1) is 6.61 Å². The second-order valence-corrected chi connectivity index (χ2v) is 9.24. The minimum atomic E-state index is -0.863. The molecule has 4 aromatic rings. The van der Waals surface area contributed by atoms with Gasteiger partial charge in [0.25, 0.3) is 0 Å². The summed E-state index contributed by atoms with van der Waals surface area (Å²) in [5.41, 5.74) is 5.96. The molecule has 1 aliphatic rings. The summed E-state index contributed by atoms with van der Waals surface area (Å²) in [5.74, 6) is 1.80. The molecule has 0 fully saturated rings. The maximum absolute atomic E-state index is 11.3. The van der Waals surface area contributed by atoms with Crippen LogP contribution in [-0.4, -0.2) is 50.4 Å². The second-order valence-electron chi connectivity index (χ2n) is 9.24. The molecule has 8 nitrogen and oxygen atoms in total. The number of benzene rings is 2. The Morgan fingerprint density at radius 2 is 1.91 bits per heavy atom. The lowest BCUT2D eigenvalue weighted by Crippen LogP contribution is -2.31. The average molecular weight is 472 g/mol. The average Bonchev–Trinajstić information content (AvgIpc) is 3.13. The van der Waals surface area contributed by atoms with E-state index in [9.17, 15) is 9.90 Å². The van der Waals surface area contributed by atoms with E-state index in [-0.39, 0.29) is 0 Å². The predicted octanol–water partition coefficient (Wildman–Crippen LogP) is 5.25. The lowest BCUT2D eigenvalue weighted by molar-refractivity contribution is 0.147. The van der Waals surface area contributed by atoms with Crippen LogP contribution in [0.2, 0.25) is 0 Å². The molecule has 2 aromatic carbocycles. The van der Waals surface area contributed by atoms with Gasteiger partial charge in [0.15, 0.2) is 5.65 Å². The third kappa shape index (κ3) is 5.06. The number of pyridine rings is 1. The summed E-state index contributed by atoms with van der Waals surface area (Å²) < 4.78 is 7.68. The number of fused-ring (bicyclic) bond motifs is 2. The van der Waals surface area contributed by atoms with Crippen molar-refractivity contribution in [3.63, 3.8) is 0 Å². The minimum absolute atomic E-state index is 0.455. The van der Waals surface area contributed by atoms with Crippen LogP contribution in [0.25, 0.3) is 16.8 Å². The zero-order valence-corrected chi connectivity index (χ0v) is 19.9. The number of nitrogens with one attached hydrogen (secondary N) is 1. The van der Waals surface area contributed by atoms with Crippen molar-refractivity contribution in [2.24, 2.45) is 5.92 Å². The molecule has 180 valence electrons. The highest BCUT2D eigenvalue weighted by Gasteiger charge is 2.18. The first kappa shape index (κ1) is 22.7. The smallest absolute Gasteiger partial charge is 0.407 e. The van der Waals surface area contributed by atoms with Crippen LogP contribution < -0.4 is 10.1 Å². The zero-order valence-electron chi connectivity index (χ0n) is 19.9. The molecule has 0 unspecified atom stereocenters. The molecule has 5 rings (SSSR count). The van der Waals surface area contributed by atoms with Gasteiger partial charge in [-0.2, -0.15) is 4.98 Å². The molecule has 0 saturated carbocycles. The van der Waals surface area contributed by atoms with E-state index in [1.807, 2.05) is 48.7 Å². The molecule has 0 aliphatic carbocycles. The first-order valence-electron chi connectivity index (χ1n) is 11.9. The number of aromatic nitrogens is 3. The summed E-state index contributed by atoms with van der Waals surface area (Å²) in [6.45, 7) is 5.95. The Balaban J connectivity index is 1.39. The number of amides is 1. The summed E-state index contributed by atoms with van der Waals surface area (Å²) in [6, 6.07) is 18.2. The SMILES string of the molecule is CC(C)COc1cccc(-c2cccn3nc(Nc4ccc5c(c4)CCN(C(=O)O)CC5)nc23)c1. The minimum Gasteiger partial charge on any atom is -0.493 e. The largest absolute Gasteiger partial charge is 0.493 e. The molecule has 0 saturated heterocycles. The fourth-order valence-electron chi connectivity index (χ4n) is 4.32. The highest BCUT2D eigenvalue weighted by Crippen LogP contribution is 2.28. The van der Waals surface area contributed by atoms with Gasteiger partial charge in [0.2, 0.25) is 5.95 Å². The molecular weight excluding hydrogens is 442 g/mol. The molecule has 2 N–H and O–H groups in total. The predicted molar refractivity (Wildman–Crippen MR) is 135 cm³/mol. The number of ether oxygens (including phenoxy) is 1. The number of rotatable bonds is 6. The van der Waals surface area contributed by atoms with Crippen molar-refractivity contribution in [3.8, 4) is 16.9 Å². The number of anilines is 2. The molecule has 1 amide bonds. The highest BCUT2D eigenvalue weighted by atomic mass is 16.5. The fourth-order valence-corrected chi connectivity index (χ4v) is 4.32. The van der Waals surface area contributed by atoms with E-state index in [4.69, 9.17) is 9.72 Å². The number of hydrogen-bond donors (Lipinski definition) is 2. The number of hydrogen-bond acceptors (Lipinski definition) is 5. The number of carbonyl (C=O) groups is 1. The van der Waals surface area contributed by atoms with Crippen LogP contribution in [0, 0.1) is 5.92 Å². The number of carboxylic acid groups (broad SMARTS) is 1. The Labute approximate surface area is 204 Å². The van der Waals surface area contributed by atoms with Gasteiger partial charge in [-0.25, -0.2) is 9.31 Å². The first-order chi connectivity index (χ1) is 17.0. The summed E-state index contributed by atoms with van der Waals surface area (Å²) in [7, 11) is 0. The Morgan fingerprint density at radius 3 is 2.71 bits per heavy atom. The summed E-state index contributed by atoms with van der Waals surface area (Å²) >= 11 is 0. The third-order valence-electron chi connectivity index (χ3n) is 6.13. The molecular formula is C27H29N5O3. The van der Waals surface area contributed by atoms with E-state index >= 15 is 0 Å². The summed E-state index contributed by atoms with van der Waals surface area (Å²) in [5, 5.41) is 17.3. The summed E-state index contributed by atoms with van der Waals surface area (Å²) in [6.07, 6.45) is 2.43. The van der Waals surface area contributed by atoms with Crippen LogP contribution in [-0.2, 0) is 12.8 Å². The Kier molecular flexibility index (Phi) is 6.27. The van der Waals surface area contributed by atoms with Crippen molar-refractivity contribution in [1.29, 1.82) is 0 Å². The number of nitrogens with zero attached hydrogens (tertiary/aromatic N) is 4. The van der Waals surface area contributed by atoms with Gasteiger partial charge in [-0.15, -0.1) is 5.10 Å². The third-order valence-corrected chi connectivity index (χ3v) is 6.13. The van der Waals surface area contributed by atoms with Crippen LogP contribution in [0.4, 0.5) is 16.4 Å². The zero-order chi connectivity index (χ0) is 24.4. The molecule has 1 aliphatic heterocycles.